The molecule has 0 unspecified atom stereocenters. The summed E-state index contributed by atoms with van der Waals surface area (Å²) >= 11 is 0. The molecule has 8 bridgehead atoms. The summed E-state index contributed by atoms with van der Waals surface area (Å²) in [6, 6.07) is 0.178. The lowest BCUT2D eigenvalue weighted by molar-refractivity contribution is -0.158. The van der Waals surface area contributed by atoms with Crippen LogP contribution in [0.4, 0.5) is 0 Å². The molecule has 6 fully saturated rings. The third kappa shape index (κ3) is 8.68. The Morgan fingerprint density at radius 2 is 0.771 bits per heavy atom. The van der Waals surface area contributed by atoms with Crippen LogP contribution in [-0.4, -0.2) is 107 Å². The summed E-state index contributed by atoms with van der Waals surface area (Å²) in [6.45, 7) is 19.2. The van der Waals surface area contributed by atoms with Crippen LogP contribution in [0.2, 0.25) is 51.9 Å². The standard InChI is InChI=1S/C23H50O17Si8/c1-22(2,20(25)27-17-12-16-24)14-15-23(3,4)21(26)28-18-13-19-48-38-45(9)32-42(6)29-41(5)30-43(7,34-45)36-47(11,40-48)37-44(8,31-41)35-46(10,33-42)39-48/h24H,12-19H2,1-11H3. The van der Waals surface area contributed by atoms with Gasteiger partial charge in [0, 0.05) is 64.9 Å². The van der Waals surface area contributed by atoms with Crippen molar-refractivity contribution in [3.8, 4) is 0 Å². The van der Waals surface area contributed by atoms with Gasteiger partial charge in [-0.15, -0.1) is 0 Å². The van der Waals surface area contributed by atoms with Crippen molar-refractivity contribution in [2.24, 2.45) is 10.8 Å². The summed E-state index contributed by atoms with van der Waals surface area (Å²) in [5.41, 5.74) is -1.69. The minimum absolute atomic E-state index is 0.0321. The summed E-state index contributed by atoms with van der Waals surface area (Å²) in [6.07, 6.45) is 1.46. The van der Waals surface area contributed by atoms with Gasteiger partial charge in [0.05, 0.1) is 24.0 Å². The normalized spacial score (nSPS) is 43.9. The van der Waals surface area contributed by atoms with Crippen LogP contribution in [0.15, 0.2) is 0 Å². The first-order valence-electron chi connectivity index (χ1n) is 16.2. The molecule has 6 aliphatic heterocycles. The van der Waals surface area contributed by atoms with Gasteiger partial charge in [0.2, 0.25) is 0 Å². The van der Waals surface area contributed by atoms with E-state index < -0.39 is 87.2 Å². The van der Waals surface area contributed by atoms with Crippen molar-refractivity contribution in [1.82, 2.24) is 0 Å². The molecule has 17 nitrogen and oxygen atoms in total. The third-order valence-corrected chi connectivity index (χ3v) is 44.1. The highest BCUT2D eigenvalue weighted by Crippen LogP contribution is 2.49. The molecule has 1 N–H and O–H groups in total. The summed E-state index contributed by atoms with van der Waals surface area (Å²) in [4.78, 5) is 25.8. The average Bonchev–Trinajstić information content (AvgIpc) is 2.84. The Balaban J connectivity index is 1.32. The Morgan fingerprint density at radius 1 is 0.500 bits per heavy atom. The van der Waals surface area contributed by atoms with E-state index in [2.05, 4.69) is 0 Å². The van der Waals surface area contributed by atoms with E-state index in [0.29, 0.717) is 25.7 Å². The molecule has 0 spiro atoms. The SMILES string of the molecule is CC(C)(CCC(C)(C)C(=O)OCCC[Si]12O[Si]3(C)O[Si]4(C)O[Si]5(C)O[Si](C)(O3)O[Si](C)(O[Si](C)(O5)O[Si](C)(O4)O1)O2)C(=O)OCCCO. The van der Waals surface area contributed by atoms with Crippen molar-refractivity contribution in [2.45, 2.75) is 105 Å². The molecule has 25 heteroatoms. The predicted octanol–water partition coefficient (Wildman–Crippen LogP) is 2.86. The van der Waals surface area contributed by atoms with Gasteiger partial charge in [0.1, 0.15) is 0 Å². The number of hydrogen-bond donors (Lipinski definition) is 1. The fourth-order valence-electron chi connectivity index (χ4n) is 6.43. The van der Waals surface area contributed by atoms with E-state index >= 15 is 0 Å². The monoisotopic (exact) mass is 822 g/mol. The second kappa shape index (κ2) is 12.9. The fourth-order valence-corrected chi connectivity index (χ4v) is 52.3. The van der Waals surface area contributed by atoms with Crippen LogP contribution in [0.1, 0.15) is 53.4 Å². The molecule has 276 valence electrons. The van der Waals surface area contributed by atoms with E-state index in [1.165, 1.54) is 0 Å². The van der Waals surface area contributed by atoms with Gasteiger partial charge in [-0.3, -0.25) is 9.59 Å². The molecule has 6 heterocycles. The molecule has 6 saturated heterocycles. The molecular weight excluding hydrogens is 773 g/mol. The Kier molecular flexibility index (Phi) is 10.6. The topological polar surface area (TPSA) is 184 Å². The number of aliphatic hydroxyl groups excluding tert-OH is 1. The van der Waals surface area contributed by atoms with Crippen LogP contribution in [0.3, 0.4) is 0 Å². The van der Waals surface area contributed by atoms with E-state index in [9.17, 15) is 9.59 Å². The van der Waals surface area contributed by atoms with Gasteiger partial charge in [-0.25, -0.2) is 0 Å². The zero-order chi connectivity index (χ0) is 35.7. The number of carbonyl (C=O) groups is 2. The smallest absolute Gasteiger partial charge is 0.465 e. The molecule has 0 saturated carbocycles. The molecule has 48 heavy (non-hydrogen) atoms. The first kappa shape index (κ1) is 39.4. The lowest BCUT2D eigenvalue weighted by Gasteiger charge is -2.60. The van der Waals surface area contributed by atoms with E-state index in [-0.39, 0.29) is 31.8 Å². The average molecular weight is 823 g/mol. The third-order valence-electron chi connectivity index (χ3n) is 8.24. The summed E-state index contributed by atoms with van der Waals surface area (Å²) in [5.74, 6) is -0.792. The highest BCUT2D eigenvalue weighted by molar-refractivity contribution is 7.02. The largest absolute Gasteiger partial charge is 0.478 e. The van der Waals surface area contributed by atoms with Gasteiger partial charge in [-0.05, 0) is 47.0 Å². The zero-order valence-corrected chi connectivity index (χ0v) is 37.6. The Morgan fingerprint density at radius 3 is 1.06 bits per heavy atom. The molecule has 0 aromatic heterocycles. The minimum atomic E-state index is -3.89. The minimum Gasteiger partial charge on any atom is -0.465 e. The summed E-state index contributed by atoms with van der Waals surface area (Å²) in [7, 11) is -29.4. The number of hydrogen-bond acceptors (Lipinski definition) is 17. The molecule has 0 aliphatic carbocycles. The van der Waals surface area contributed by atoms with E-state index in [0.717, 1.165) is 0 Å². The summed E-state index contributed by atoms with van der Waals surface area (Å²) < 4.78 is 90.7. The van der Waals surface area contributed by atoms with Crippen molar-refractivity contribution in [1.29, 1.82) is 0 Å². The maximum atomic E-state index is 13.3. The highest BCUT2D eigenvalue weighted by Gasteiger charge is 2.78. The molecule has 6 rings (SSSR count). The zero-order valence-electron chi connectivity index (χ0n) is 29.6. The second-order valence-corrected chi connectivity index (χ2v) is 38.4. The Bertz CT molecular complexity index is 1160. The van der Waals surface area contributed by atoms with Crippen LogP contribution in [0.5, 0.6) is 0 Å². The fraction of sp³-hybridized carbons (Fsp3) is 0.913. The van der Waals surface area contributed by atoms with Crippen LogP contribution in [-0.2, 0) is 68.4 Å². The highest BCUT2D eigenvalue weighted by atomic mass is 28.6. The van der Waals surface area contributed by atoms with Crippen molar-refractivity contribution >= 4 is 82.4 Å². The van der Waals surface area contributed by atoms with Crippen LogP contribution in [0, 0.1) is 10.8 Å². The van der Waals surface area contributed by atoms with E-state index in [1.807, 2.05) is 0 Å². The molecule has 0 atom stereocenters. The van der Waals surface area contributed by atoms with Crippen molar-refractivity contribution in [3.05, 3.63) is 0 Å². The van der Waals surface area contributed by atoms with Crippen LogP contribution < -0.4 is 0 Å². The first-order chi connectivity index (χ1) is 21.8. The number of carbonyl (C=O) groups excluding carboxylic acids is 2. The van der Waals surface area contributed by atoms with E-state index in [4.69, 9.17) is 64.0 Å². The molecule has 0 aromatic carbocycles. The first-order valence-corrected chi connectivity index (χ1v) is 33.7. The lowest BCUT2D eigenvalue weighted by atomic mass is 9.79. The Hall–Kier alpha value is 0.155. The maximum absolute atomic E-state index is 13.3. The maximum Gasteiger partial charge on any atom is 0.478 e. The quantitative estimate of drug-likeness (QED) is 0.172. The number of esters is 2. The molecular formula is C23H50O17Si8. The van der Waals surface area contributed by atoms with Crippen molar-refractivity contribution < 1.29 is 73.6 Å². The molecule has 0 radical (unpaired) electrons. The van der Waals surface area contributed by atoms with Crippen LogP contribution >= 0.6 is 0 Å². The van der Waals surface area contributed by atoms with E-state index in [1.54, 1.807) is 73.5 Å². The molecule has 6 aliphatic rings. The van der Waals surface area contributed by atoms with Gasteiger partial charge in [-0.1, -0.05) is 0 Å². The van der Waals surface area contributed by atoms with Gasteiger partial charge >= 0.3 is 82.4 Å². The van der Waals surface area contributed by atoms with Gasteiger partial charge in [0.15, 0.2) is 0 Å². The second-order valence-electron chi connectivity index (χ2n) is 14.7. The van der Waals surface area contributed by atoms with Crippen LogP contribution in [0.25, 0.3) is 0 Å². The number of aliphatic hydroxyl groups is 1. The van der Waals surface area contributed by atoms with Crippen molar-refractivity contribution in [2.75, 3.05) is 19.8 Å². The molecule has 0 amide bonds. The Labute approximate surface area is 290 Å². The van der Waals surface area contributed by atoms with Gasteiger partial charge < -0.3 is 64.0 Å². The predicted molar refractivity (Wildman–Crippen MR) is 180 cm³/mol. The van der Waals surface area contributed by atoms with Crippen molar-refractivity contribution in [3.63, 3.8) is 0 Å². The summed E-state index contributed by atoms with van der Waals surface area (Å²) in [5, 5.41) is 8.96. The molecule has 0 aromatic rings. The van der Waals surface area contributed by atoms with Gasteiger partial charge in [0.25, 0.3) is 0 Å². The number of ether oxygens (including phenoxy) is 2. The lowest BCUT2D eigenvalue weighted by Crippen LogP contribution is -2.86. The van der Waals surface area contributed by atoms with Gasteiger partial charge in [-0.2, -0.15) is 0 Å². The number of rotatable bonds is 12.